The van der Waals surface area contributed by atoms with Crippen molar-refractivity contribution in [3.8, 4) is 0 Å². The predicted molar refractivity (Wildman–Crippen MR) is 84.8 cm³/mol. The molecule has 4 unspecified atom stereocenters. The molecule has 118 valence electrons. The molecule has 0 bridgehead atoms. The first-order chi connectivity index (χ1) is 9.41. The van der Waals surface area contributed by atoms with Crippen LogP contribution in [0.5, 0.6) is 0 Å². The van der Waals surface area contributed by atoms with Gasteiger partial charge in [-0.15, -0.1) is 0 Å². The number of rotatable bonds is 3. The van der Waals surface area contributed by atoms with Crippen LogP contribution in [0.4, 0.5) is 0 Å². The van der Waals surface area contributed by atoms with Gasteiger partial charge >= 0.3 is 0 Å². The van der Waals surface area contributed by atoms with E-state index in [9.17, 15) is 0 Å². The lowest BCUT2D eigenvalue weighted by Crippen LogP contribution is -2.48. The second-order valence-electron chi connectivity index (χ2n) is 7.90. The zero-order chi connectivity index (χ0) is 14.8. The smallest absolute Gasteiger partial charge is 0.0747 e. The van der Waals surface area contributed by atoms with E-state index >= 15 is 0 Å². The van der Waals surface area contributed by atoms with Gasteiger partial charge in [-0.1, -0.05) is 20.8 Å². The summed E-state index contributed by atoms with van der Waals surface area (Å²) in [4.78, 5) is 2.62. The highest BCUT2D eigenvalue weighted by Gasteiger charge is 2.35. The topological polar surface area (TPSA) is 38.5 Å². The van der Waals surface area contributed by atoms with Crippen LogP contribution in [0.2, 0.25) is 0 Å². The van der Waals surface area contributed by atoms with Crippen LogP contribution < -0.4 is 5.73 Å². The number of likely N-dealkylation sites (tertiary alicyclic amines) is 1. The Morgan fingerprint density at radius 3 is 2.45 bits per heavy atom. The molecule has 0 radical (unpaired) electrons. The largest absolute Gasteiger partial charge is 0.374 e. The highest BCUT2D eigenvalue weighted by atomic mass is 16.5. The van der Waals surface area contributed by atoms with Gasteiger partial charge in [0.15, 0.2) is 0 Å². The standard InChI is InChI=1S/C17H34N2O/c1-13-7-8-16(20-13)15(12-18)19-10-5-6-14(9-11-19)17(2,3)4/h13-16H,5-12,18H2,1-4H3. The van der Waals surface area contributed by atoms with Gasteiger partial charge in [-0.25, -0.2) is 0 Å². The van der Waals surface area contributed by atoms with E-state index in [4.69, 9.17) is 10.5 Å². The summed E-state index contributed by atoms with van der Waals surface area (Å²) in [7, 11) is 0. The summed E-state index contributed by atoms with van der Waals surface area (Å²) in [5.41, 5.74) is 6.52. The second-order valence-corrected chi connectivity index (χ2v) is 7.90. The fourth-order valence-corrected chi connectivity index (χ4v) is 3.97. The average molecular weight is 282 g/mol. The maximum Gasteiger partial charge on any atom is 0.0747 e. The molecule has 0 aromatic carbocycles. The highest BCUT2D eigenvalue weighted by Crippen LogP contribution is 2.35. The minimum Gasteiger partial charge on any atom is -0.374 e. The Hall–Kier alpha value is -0.120. The van der Waals surface area contributed by atoms with Gasteiger partial charge in [0, 0.05) is 12.6 Å². The molecule has 0 amide bonds. The lowest BCUT2D eigenvalue weighted by atomic mass is 9.77. The summed E-state index contributed by atoms with van der Waals surface area (Å²) in [5.74, 6) is 0.842. The monoisotopic (exact) mass is 282 g/mol. The molecule has 2 heterocycles. The van der Waals surface area contributed by atoms with E-state index in [-0.39, 0.29) is 0 Å². The molecule has 3 nitrogen and oxygen atoms in total. The third-order valence-electron chi connectivity index (χ3n) is 5.39. The Morgan fingerprint density at radius 2 is 1.90 bits per heavy atom. The van der Waals surface area contributed by atoms with Crippen molar-refractivity contribution in [2.45, 2.75) is 78.0 Å². The quantitative estimate of drug-likeness (QED) is 0.864. The molecule has 0 aliphatic carbocycles. The molecule has 2 rings (SSSR count). The molecule has 20 heavy (non-hydrogen) atoms. The molecule has 2 saturated heterocycles. The SMILES string of the molecule is CC1CCC(C(CN)N2CCCC(C(C)(C)C)CC2)O1. The highest BCUT2D eigenvalue weighted by molar-refractivity contribution is 4.88. The van der Waals surface area contributed by atoms with Crippen LogP contribution in [0.25, 0.3) is 0 Å². The van der Waals surface area contributed by atoms with Crippen molar-refractivity contribution in [1.82, 2.24) is 4.90 Å². The van der Waals surface area contributed by atoms with Crippen LogP contribution in [0.1, 0.15) is 59.8 Å². The Bertz CT molecular complexity index is 300. The molecule has 4 atom stereocenters. The summed E-state index contributed by atoms with van der Waals surface area (Å²) in [5, 5.41) is 0. The lowest BCUT2D eigenvalue weighted by Gasteiger charge is -2.34. The molecule has 0 aromatic rings. The Labute approximate surface area is 125 Å². The van der Waals surface area contributed by atoms with E-state index < -0.39 is 0 Å². The normalized spacial score (nSPS) is 35.0. The Kier molecular flexibility index (Phi) is 5.49. The van der Waals surface area contributed by atoms with Gasteiger partial charge in [-0.2, -0.15) is 0 Å². The molecule has 0 spiro atoms. The van der Waals surface area contributed by atoms with Crippen molar-refractivity contribution in [3.63, 3.8) is 0 Å². The van der Waals surface area contributed by atoms with Crippen LogP contribution in [0.3, 0.4) is 0 Å². The van der Waals surface area contributed by atoms with E-state index in [0.29, 0.717) is 23.7 Å². The molecule has 3 heteroatoms. The summed E-state index contributed by atoms with van der Waals surface area (Å²) in [6.07, 6.45) is 7.13. The van der Waals surface area contributed by atoms with E-state index in [1.807, 2.05) is 0 Å². The van der Waals surface area contributed by atoms with Crippen LogP contribution in [-0.4, -0.2) is 42.8 Å². The van der Waals surface area contributed by atoms with Crippen LogP contribution in [0.15, 0.2) is 0 Å². The van der Waals surface area contributed by atoms with Gasteiger partial charge in [0.05, 0.1) is 12.2 Å². The molecule has 0 saturated carbocycles. The summed E-state index contributed by atoms with van der Waals surface area (Å²) >= 11 is 0. The van der Waals surface area contributed by atoms with Gasteiger partial charge in [-0.05, 0) is 63.5 Å². The maximum atomic E-state index is 6.08. The number of hydrogen-bond acceptors (Lipinski definition) is 3. The fourth-order valence-electron chi connectivity index (χ4n) is 3.97. The Morgan fingerprint density at radius 1 is 1.15 bits per heavy atom. The first kappa shape index (κ1) is 16.3. The zero-order valence-corrected chi connectivity index (χ0v) is 13.9. The first-order valence-electron chi connectivity index (χ1n) is 8.51. The minimum absolute atomic E-state index is 0.362. The van der Waals surface area contributed by atoms with E-state index in [1.54, 1.807) is 0 Å². The number of nitrogens with two attached hydrogens (primary N) is 1. The summed E-state index contributed by atoms with van der Waals surface area (Å²) in [6.45, 7) is 12.5. The summed E-state index contributed by atoms with van der Waals surface area (Å²) < 4.78 is 6.08. The number of ether oxygens (including phenoxy) is 1. The molecule has 2 aliphatic rings. The van der Waals surface area contributed by atoms with Crippen molar-refractivity contribution >= 4 is 0 Å². The van der Waals surface area contributed by atoms with Crippen LogP contribution >= 0.6 is 0 Å². The molecule has 0 aromatic heterocycles. The maximum absolute atomic E-state index is 6.08. The second kappa shape index (κ2) is 6.76. The lowest BCUT2D eigenvalue weighted by molar-refractivity contribution is -0.00407. The molecular formula is C17H34N2O. The molecule has 2 aliphatic heterocycles. The summed E-state index contributed by atoms with van der Waals surface area (Å²) in [6, 6.07) is 0.429. The first-order valence-corrected chi connectivity index (χ1v) is 8.51. The Balaban J connectivity index is 1.94. The average Bonchev–Trinajstić information content (AvgIpc) is 2.64. The molecule has 2 N–H and O–H groups in total. The number of nitrogens with zero attached hydrogens (tertiary/aromatic N) is 1. The van der Waals surface area contributed by atoms with Gasteiger partial charge in [0.25, 0.3) is 0 Å². The number of hydrogen-bond donors (Lipinski definition) is 1. The van der Waals surface area contributed by atoms with Crippen molar-refractivity contribution < 1.29 is 4.74 Å². The van der Waals surface area contributed by atoms with Gasteiger partial charge < -0.3 is 10.5 Å². The molecular weight excluding hydrogens is 248 g/mol. The van der Waals surface area contributed by atoms with E-state index in [0.717, 1.165) is 12.5 Å². The predicted octanol–water partition coefficient (Wildman–Crippen LogP) is 3.03. The van der Waals surface area contributed by atoms with Crippen LogP contribution in [0, 0.1) is 11.3 Å². The third kappa shape index (κ3) is 3.96. The van der Waals surface area contributed by atoms with Gasteiger partial charge in [0.2, 0.25) is 0 Å². The molecule has 2 fully saturated rings. The van der Waals surface area contributed by atoms with Crippen LogP contribution in [-0.2, 0) is 4.74 Å². The van der Waals surface area contributed by atoms with E-state index in [1.165, 1.54) is 45.2 Å². The minimum atomic E-state index is 0.362. The van der Waals surface area contributed by atoms with E-state index in [2.05, 4.69) is 32.6 Å². The van der Waals surface area contributed by atoms with Crippen molar-refractivity contribution in [2.24, 2.45) is 17.1 Å². The van der Waals surface area contributed by atoms with Crippen molar-refractivity contribution in [1.29, 1.82) is 0 Å². The van der Waals surface area contributed by atoms with Crippen molar-refractivity contribution in [2.75, 3.05) is 19.6 Å². The van der Waals surface area contributed by atoms with Gasteiger partial charge in [-0.3, -0.25) is 4.90 Å². The van der Waals surface area contributed by atoms with Gasteiger partial charge in [0.1, 0.15) is 0 Å². The third-order valence-corrected chi connectivity index (χ3v) is 5.39. The van der Waals surface area contributed by atoms with Crippen molar-refractivity contribution in [3.05, 3.63) is 0 Å². The fraction of sp³-hybridized carbons (Fsp3) is 1.00. The zero-order valence-electron chi connectivity index (χ0n) is 13.9.